The molecule has 11 heavy (non-hydrogen) atoms. The molecule has 64 valence electrons. The van der Waals surface area contributed by atoms with E-state index in [2.05, 4.69) is 32.5 Å². The summed E-state index contributed by atoms with van der Waals surface area (Å²) >= 11 is 2.09. The second kappa shape index (κ2) is 1.97. The zero-order valence-corrected chi connectivity index (χ0v) is 8.37. The molecule has 1 nitrogen and oxygen atoms in total. The summed E-state index contributed by atoms with van der Waals surface area (Å²) in [6, 6.07) is 0.458. The highest BCUT2D eigenvalue weighted by molar-refractivity contribution is 8.00. The second-order valence-electron chi connectivity index (χ2n) is 4.50. The van der Waals surface area contributed by atoms with Gasteiger partial charge in [0.15, 0.2) is 0 Å². The molecular formula is C9H17NS. The zero-order valence-electron chi connectivity index (χ0n) is 7.55. The van der Waals surface area contributed by atoms with Gasteiger partial charge >= 0.3 is 0 Å². The van der Waals surface area contributed by atoms with Crippen LogP contribution in [0.1, 0.15) is 27.2 Å². The number of thioether (sulfide) groups is 1. The molecule has 3 atom stereocenters. The number of rotatable bonds is 0. The Bertz CT molecular complexity index is 184. The van der Waals surface area contributed by atoms with E-state index in [1.54, 1.807) is 0 Å². The summed E-state index contributed by atoms with van der Waals surface area (Å²) in [4.78, 5) is 0. The number of hydrogen-bond donors (Lipinski definition) is 1. The van der Waals surface area contributed by atoms with E-state index >= 15 is 0 Å². The molecule has 1 heterocycles. The maximum absolute atomic E-state index is 6.12. The Morgan fingerprint density at radius 1 is 1.45 bits per heavy atom. The van der Waals surface area contributed by atoms with Crippen molar-refractivity contribution in [3.05, 3.63) is 0 Å². The third-order valence-electron chi connectivity index (χ3n) is 4.06. The quantitative estimate of drug-likeness (QED) is 0.602. The lowest BCUT2D eigenvalue weighted by atomic mass is 9.90. The monoisotopic (exact) mass is 171 g/mol. The molecule has 1 aliphatic heterocycles. The van der Waals surface area contributed by atoms with Gasteiger partial charge in [0.1, 0.15) is 0 Å². The van der Waals surface area contributed by atoms with Gasteiger partial charge in [0, 0.05) is 16.7 Å². The van der Waals surface area contributed by atoms with E-state index in [0.717, 1.165) is 5.25 Å². The van der Waals surface area contributed by atoms with Crippen molar-refractivity contribution < 1.29 is 0 Å². The van der Waals surface area contributed by atoms with E-state index < -0.39 is 0 Å². The topological polar surface area (TPSA) is 26.0 Å². The average molecular weight is 171 g/mol. The van der Waals surface area contributed by atoms with Crippen molar-refractivity contribution in [2.75, 3.05) is 5.75 Å². The molecule has 1 spiro atoms. The van der Waals surface area contributed by atoms with Crippen molar-refractivity contribution >= 4 is 11.8 Å². The fourth-order valence-electron chi connectivity index (χ4n) is 2.94. The van der Waals surface area contributed by atoms with Crippen LogP contribution in [0.5, 0.6) is 0 Å². The highest BCUT2D eigenvalue weighted by atomic mass is 32.2. The molecule has 3 unspecified atom stereocenters. The van der Waals surface area contributed by atoms with Crippen LogP contribution < -0.4 is 5.73 Å². The SMILES string of the molecule is CC1SCCC12C(N)C2(C)C. The molecule has 1 saturated carbocycles. The van der Waals surface area contributed by atoms with Crippen LogP contribution in [0.3, 0.4) is 0 Å². The standard InChI is InChI=1S/C9H17NS/c1-6-9(4-5-11-6)7(10)8(9,2)3/h6-7H,4-5,10H2,1-3H3. The van der Waals surface area contributed by atoms with E-state index in [4.69, 9.17) is 5.73 Å². The maximum atomic E-state index is 6.12. The molecule has 0 aromatic heterocycles. The molecule has 2 heteroatoms. The van der Waals surface area contributed by atoms with E-state index in [9.17, 15) is 0 Å². The minimum absolute atomic E-state index is 0.413. The van der Waals surface area contributed by atoms with Gasteiger partial charge in [0.05, 0.1) is 0 Å². The van der Waals surface area contributed by atoms with Crippen molar-refractivity contribution in [1.29, 1.82) is 0 Å². The van der Waals surface area contributed by atoms with Gasteiger partial charge in [-0.15, -0.1) is 0 Å². The summed E-state index contributed by atoms with van der Waals surface area (Å²) in [6.07, 6.45) is 1.34. The van der Waals surface area contributed by atoms with Crippen LogP contribution in [0.25, 0.3) is 0 Å². The first kappa shape index (κ1) is 7.93. The normalized spacial score (nSPS) is 53.5. The van der Waals surface area contributed by atoms with Gasteiger partial charge in [-0.1, -0.05) is 20.8 Å². The predicted octanol–water partition coefficient (Wildman–Crippen LogP) is 1.87. The molecule has 1 aliphatic carbocycles. The molecule has 0 aromatic carbocycles. The Kier molecular flexibility index (Phi) is 1.42. The molecule has 0 aromatic rings. The fraction of sp³-hybridized carbons (Fsp3) is 1.00. The summed E-state index contributed by atoms with van der Waals surface area (Å²) in [6.45, 7) is 6.98. The molecule has 1 saturated heterocycles. The lowest BCUT2D eigenvalue weighted by Crippen LogP contribution is -2.19. The van der Waals surface area contributed by atoms with Gasteiger partial charge in [-0.05, 0) is 17.6 Å². The van der Waals surface area contributed by atoms with Crippen molar-refractivity contribution in [2.45, 2.75) is 38.5 Å². The van der Waals surface area contributed by atoms with Gasteiger partial charge in [0.2, 0.25) is 0 Å². The molecule has 2 rings (SSSR count). The largest absolute Gasteiger partial charge is 0.327 e. The first-order valence-electron chi connectivity index (χ1n) is 4.40. The number of nitrogens with two attached hydrogens (primary N) is 1. The van der Waals surface area contributed by atoms with Crippen LogP contribution in [0.15, 0.2) is 0 Å². The average Bonchev–Trinajstić information content (AvgIpc) is 2.33. The van der Waals surface area contributed by atoms with Crippen LogP contribution in [0.2, 0.25) is 0 Å². The first-order valence-corrected chi connectivity index (χ1v) is 5.45. The Balaban J connectivity index is 2.26. The van der Waals surface area contributed by atoms with Gasteiger partial charge < -0.3 is 5.73 Å². The number of hydrogen-bond acceptors (Lipinski definition) is 2. The lowest BCUT2D eigenvalue weighted by molar-refractivity contribution is 0.385. The third-order valence-corrected chi connectivity index (χ3v) is 5.42. The summed E-state index contributed by atoms with van der Waals surface area (Å²) in [5.74, 6) is 1.32. The van der Waals surface area contributed by atoms with Gasteiger partial charge in [-0.3, -0.25) is 0 Å². The van der Waals surface area contributed by atoms with E-state index in [1.807, 2.05) is 0 Å². The van der Waals surface area contributed by atoms with Crippen molar-refractivity contribution in [2.24, 2.45) is 16.6 Å². The van der Waals surface area contributed by atoms with E-state index in [0.29, 0.717) is 16.9 Å². The minimum Gasteiger partial charge on any atom is -0.327 e. The minimum atomic E-state index is 0.413. The van der Waals surface area contributed by atoms with E-state index in [-0.39, 0.29) is 0 Å². The molecular weight excluding hydrogens is 154 g/mol. The third kappa shape index (κ3) is 0.682. The Labute approximate surface area is 73.1 Å². The summed E-state index contributed by atoms with van der Waals surface area (Å²) in [5.41, 5.74) is 7.03. The molecule has 2 aliphatic rings. The van der Waals surface area contributed by atoms with Gasteiger partial charge in [0.25, 0.3) is 0 Å². The smallest absolute Gasteiger partial charge is 0.0170 e. The molecule has 2 fully saturated rings. The summed E-state index contributed by atoms with van der Waals surface area (Å²) in [7, 11) is 0. The van der Waals surface area contributed by atoms with Crippen LogP contribution >= 0.6 is 11.8 Å². The van der Waals surface area contributed by atoms with Gasteiger partial charge in [-0.2, -0.15) is 11.8 Å². The summed E-state index contributed by atoms with van der Waals surface area (Å²) < 4.78 is 0. The predicted molar refractivity (Wildman–Crippen MR) is 50.7 cm³/mol. The van der Waals surface area contributed by atoms with Crippen LogP contribution in [0.4, 0.5) is 0 Å². The van der Waals surface area contributed by atoms with Crippen LogP contribution in [0, 0.1) is 10.8 Å². The molecule has 0 amide bonds. The Morgan fingerprint density at radius 3 is 2.18 bits per heavy atom. The van der Waals surface area contributed by atoms with Crippen LogP contribution in [-0.2, 0) is 0 Å². The summed E-state index contributed by atoms with van der Waals surface area (Å²) in [5, 5.41) is 0.785. The highest BCUT2D eigenvalue weighted by Crippen LogP contribution is 2.71. The van der Waals surface area contributed by atoms with Crippen molar-refractivity contribution in [3.63, 3.8) is 0 Å². The maximum Gasteiger partial charge on any atom is 0.0170 e. The zero-order chi connectivity index (χ0) is 8.28. The van der Waals surface area contributed by atoms with E-state index in [1.165, 1.54) is 12.2 Å². The fourth-order valence-corrected chi connectivity index (χ4v) is 4.62. The van der Waals surface area contributed by atoms with Crippen LogP contribution in [-0.4, -0.2) is 17.0 Å². The lowest BCUT2D eigenvalue weighted by Gasteiger charge is -2.16. The highest BCUT2D eigenvalue weighted by Gasteiger charge is 2.72. The Morgan fingerprint density at radius 2 is 2.00 bits per heavy atom. The second-order valence-corrected chi connectivity index (χ2v) is 5.95. The van der Waals surface area contributed by atoms with Crippen molar-refractivity contribution in [1.82, 2.24) is 0 Å². The molecule has 0 radical (unpaired) electrons. The Hall–Kier alpha value is 0.310. The first-order chi connectivity index (χ1) is 5.03. The molecule has 0 bridgehead atoms. The van der Waals surface area contributed by atoms with Gasteiger partial charge in [-0.25, -0.2) is 0 Å². The molecule has 2 N–H and O–H groups in total. The van der Waals surface area contributed by atoms with Crippen molar-refractivity contribution in [3.8, 4) is 0 Å².